The van der Waals surface area contributed by atoms with Crippen molar-refractivity contribution in [2.75, 3.05) is 0 Å². The predicted molar refractivity (Wildman–Crippen MR) is 71.6 cm³/mol. The Morgan fingerprint density at radius 3 is 2.41 bits per heavy atom. The van der Waals surface area contributed by atoms with Gasteiger partial charge in [0.2, 0.25) is 0 Å². The molecule has 0 spiro atoms. The minimum atomic E-state index is -0.350. The van der Waals surface area contributed by atoms with Gasteiger partial charge in [0.15, 0.2) is 0 Å². The lowest BCUT2D eigenvalue weighted by molar-refractivity contribution is -0.385. The highest BCUT2D eigenvalue weighted by Gasteiger charge is 2.24. The van der Waals surface area contributed by atoms with Crippen molar-refractivity contribution in [2.24, 2.45) is 5.92 Å². The Kier molecular flexibility index (Phi) is 4.62. The van der Waals surface area contributed by atoms with E-state index in [4.69, 9.17) is 0 Å². The van der Waals surface area contributed by atoms with Crippen LogP contribution in [0.15, 0.2) is 12.3 Å². The number of rotatable bonds is 4. The molecule has 2 atom stereocenters. The number of halogens is 1. The zero-order valence-electron chi connectivity index (χ0n) is 10.5. The second-order valence-corrected chi connectivity index (χ2v) is 6.04. The lowest BCUT2D eigenvalue weighted by Crippen LogP contribution is -2.17. The largest absolute Gasteiger partial charge is 0.275 e. The van der Waals surface area contributed by atoms with E-state index < -0.39 is 0 Å². The van der Waals surface area contributed by atoms with Gasteiger partial charge in [0.1, 0.15) is 0 Å². The molecule has 1 heterocycles. The van der Waals surface area contributed by atoms with Crippen LogP contribution in [0.3, 0.4) is 0 Å². The van der Waals surface area contributed by atoms with Crippen LogP contribution in [-0.2, 0) is 0 Å². The van der Waals surface area contributed by atoms with Gasteiger partial charge in [0, 0.05) is 28.6 Å². The molecular weight excluding hydrogens is 284 g/mol. The quantitative estimate of drug-likeness (QED) is 0.482. The zero-order chi connectivity index (χ0) is 13.2. The molecule has 1 rings (SSSR count). The van der Waals surface area contributed by atoms with Gasteiger partial charge in [-0.15, -0.1) is 0 Å². The molecule has 0 amide bonds. The summed E-state index contributed by atoms with van der Waals surface area (Å²) in [5.74, 6) is 0.550. The fourth-order valence-corrected chi connectivity index (χ4v) is 2.90. The molecule has 1 aromatic heterocycles. The molecule has 94 valence electrons. The summed E-state index contributed by atoms with van der Waals surface area (Å²) in [6.07, 6.45) is 1.58. The summed E-state index contributed by atoms with van der Waals surface area (Å²) in [6, 6.07) is 1.60. The molecule has 2 unspecified atom stereocenters. The molecule has 0 saturated carbocycles. The predicted octanol–water partition coefficient (Wildman–Crippen LogP) is 3.82. The number of nitro groups is 1. The van der Waals surface area contributed by atoms with Crippen LogP contribution in [0.1, 0.15) is 37.9 Å². The van der Waals surface area contributed by atoms with Crippen LogP contribution in [0, 0.1) is 23.0 Å². The average molecular weight is 301 g/mol. The monoisotopic (exact) mass is 300 g/mol. The van der Waals surface area contributed by atoms with Gasteiger partial charge in [-0.3, -0.25) is 15.1 Å². The first-order valence-corrected chi connectivity index (χ1v) is 6.51. The lowest BCUT2D eigenvalue weighted by Gasteiger charge is -2.22. The number of hydrogen-bond acceptors (Lipinski definition) is 3. The van der Waals surface area contributed by atoms with Crippen molar-refractivity contribution in [3.63, 3.8) is 0 Å². The van der Waals surface area contributed by atoms with E-state index in [2.05, 4.69) is 34.8 Å². The third-order valence-corrected chi connectivity index (χ3v) is 3.42. The summed E-state index contributed by atoms with van der Waals surface area (Å²) in [5, 5.41) is 10.9. The van der Waals surface area contributed by atoms with Crippen molar-refractivity contribution in [1.29, 1.82) is 0 Å². The molecule has 0 aliphatic rings. The van der Waals surface area contributed by atoms with Crippen molar-refractivity contribution in [2.45, 2.75) is 38.4 Å². The maximum Gasteiger partial charge on any atom is 0.275 e. The van der Waals surface area contributed by atoms with Crippen LogP contribution in [0.4, 0.5) is 5.69 Å². The van der Waals surface area contributed by atoms with Gasteiger partial charge in [-0.05, 0) is 12.8 Å². The summed E-state index contributed by atoms with van der Waals surface area (Å²) in [6.45, 7) is 7.93. The SMILES string of the molecule is Cc1cnc(C(C(C)C)C(C)Br)cc1[N+](=O)[O-]. The molecule has 17 heavy (non-hydrogen) atoms. The lowest BCUT2D eigenvalue weighted by atomic mass is 9.89. The number of aromatic nitrogens is 1. The van der Waals surface area contributed by atoms with Gasteiger partial charge < -0.3 is 0 Å². The van der Waals surface area contributed by atoms with E-state index in [-0.39, 0.29) is 21.4 Å². The molecule has 0 aliphatic carbocycles. The summed E-state index contributed by atoms with van der Waals surface area (Å²) in [5.41, 5.74) is 1.53. The molecule has 0 aliphatic heterocycles. The first-order chi connectivity index (χ1) is 7.84. The Morgan fingerprint density at radius 1 is 1.41 bits per heavy atom. The Morgan fingerprint density at radius 2 is 2.00 bits per heavy atom. The van der Waals surface area contributed by atoms with Gasteiger partial charge in [-0.2, -0.15) is 0 Å². The number of nitrogens with zero attached hydrogens (tertiary/aromatic N) is 2. The number of hydrogen-bond donors (Lipinski definition) is 0. The Balaban J connectivity index is 3.22. The van der Waals surface area contributed by atoms with Crippen molar-refractivity contribution in [3.05, 3.63) is 33.6 Å². The molecule has 5 heteroatoms. The minimum absolute atomic E-state index is 0.147. The van der Waals surface area contributed by atoms with Crippen LogP contribution in [0.5, 0.6) is 0 Å². The average Bonchev–Trinajstić information content (AvgIpc) is 2.19. The standard InChI is InChI=1S/C12H17BrN2O2/c1-7(2)12(9(4)13)10-5-11(15(16)17)8(3)6-14-10/h5-7,9,12H,1-4H3. The van der Waals surface area contributed by atoms with Crippen molar-refractivity contribution >= 4 is 21.6 Å². The Bertz CT molecular complexity index is 411. The zero-order valence-corrected chi connectivity index (χ0v) is 12.1. The van der Waals surface area contributed by atoms with E-state index in [0.29, 0.717) is 11.5 Å². The molecule has 0 bridgehead atoms. The highest BCUT2D eigenvalue weighted by atomic mass is 79.9. The Hall–Kier alpha value is -0.970. The number of alkyl halides is 1. The number of pyridine rings is 1. The van der Waals surface area contributed by atoms with Crippen LogP contribution < -0.4 is 0 Å². The van der Waals surface area contributed by atoms with Crippen LogP contribution in [0.25, 0.3) is 0 Å². The molecule has 0 aromatic carbocycles. The van der Waals surface area contributed by atoms with Gasteiger partial charge >= 0.3 is 0 Å². The van der Waals surface area contributed by atoms with Gasteiger partial charge in [0.05, 0.1) is 10.6 Å². The van der Waals surface area contributed by atoms with Crippen molar-refractivity contribution in [1.82, 2.24) is 4.98 Å². The van der Waals surface area contributed by atoms with Crippen LogP contribution in [0.2, 0.25) is 0 Å². The fourth-order valence-electron chi connectivity index (χ4n) is 2.01. The summed E-state index contributed by atoms with van der Waals surface area (Å²) in [4.78, 5) is 15.1. The van der Waals surface area contributed by atoms with E-state index >= 15 is 0 Å². The van der Waals surface area contributed by atoms with Crippen molar-refractivity contribution < 1.29 is 4.92 Å². The van der Waals surface area contributed by atoms with Gasteiger partial charge in [0.25, 0.3) is 5.69 Å². The molecule has 1 aromatic rings. The van der Waals surface area contributed by atoms with E-state index in [0.717, 1.165) is 5.69 Å². The highest BCUT2D eigenvalue weighted by molar-refractivity contribution is 9.09. The van der Waals surface area contributed by atoms with Crippen LogP contribution in [-0.4, -0.2) is 14.7 Å². The molecule has 0 radical (unpaired) electrons. The summed E-state index contributed by atoms with van der Waals surface area (Å²) in [7, 11) is 0. The summed E-state index contributed by atoms with van der Waals surface area (Å²) < 4.78 is 0. The molecular formula is C12H17BrN2O2. The Labute approximate surface area is 110 Å². The molecule has 0 fully saturated rings. The van der Waals surface area contributed by atoms with E-state index in [1.165, 1.54) is 0 Å². The van der Waals surface area contributed by atoms with Gasteiger partial charge in [-0.25, -0.2) is 0 Å². The summed E-state index contributed by atoms with van der Waals surface area (Å²) >= 11 is 3.55. The maximum absolute atomic E-state index is 10.9. The molecule has 0 N–H and O–H groups in total. The van der Waals surface area contributed by atoms with Crippen molar-refractivity contribution in [3.8, 4) is 0 Å². The van der Waals surface area contributed by atoms with E-state index in [1.54, 1.807) is 19.2 Å². The number of aryl methyl sites for hydroxylation is 1. The first-order valence-electron chi connectivity index (χ1n) is 5.59. The van der Waals surface area contributed by atoms with E-state index in [1.807, 2.05) is 6.92 Å². The fraction of sp³-hybridized carbons (Fsp3) is 0.583. The minimum Gasteiger partial charge on any atom is -0.260 e. The van der Waals surface area contributed by atoms with Crippen LogP contribution >= 0.6 is 15.9 Å². The van der Waals surface area contributed by atoms with E-state index in [9.17, 15) is 10.1 Å². The topological polar surface area (TPSA) is 56.0 Å². The normalized spacial score (nSPS) is 14.7. The second-order valence-electron chi connectivity index (χ2n) is 4.60. The third kappa shape index (κ3) is 3.25. The maximum atomic E-state index is 10.9. The van der Waals surface area contributed by atoms with Gasteiger partial charge in [-0.1, -0.05) is 36.7 Å². The third-order valence-electron chi connectivity index (χ3n) is 2.85. The molecule has 4 nitrogen and oxygen atoms in total. The smallest absolute Gasteiger partial charge is 0.260 e. The molecule has 0 saturated heterocycles. The highest BCUT2D eigenvalue weighted by Crippen LogP contribution is 2.32. The second kappa shape index (κ2) is 5.58. The first kappa shape index (κ1) is 14.1.